The smallest absolute Gasteiger partial charge is 0.332 e. The molecule has 1 aliphatic heterocycles. The Balaban J connectivity index is 2.24. The van der Waals surface area contributed by atoms with Gasteiger partial charge < -0.3 is 4.90 Å². The minimum atomic E-state index is -0.313. The Labute approximate surface area is 127 Å². The highest BCUT2D eigenvalue weighted by molar-refractivity contribution is 7.71. The topological polar surface area (TPSA) is 64.8 Å². The Morgan fingerprint density at radius 3 is 2.48 bits per heavy atom. The van der Waals surface area contributed by atoms with Gasteiger partial charge in [0.05, 0.1) is 5.69 Å². The van der Waals surface area contributed by atoms with Crippen molar-refractivity contribution in [1.29, 1.82) is 5.26 Å². The number of rotatable bonds is 2. The maximum atomic E-state index is 12.4. The molecule has 21 heavy (non-hydrogen) atoms. The number of nitrogens with one attached hydrogen (secondary N) is 1. The first-order valence-electron chi connectivity index (χ1n) is 6.82. The quantitative estimate of drug-likeness (QED) is 0.865. The minimum absolute atomic E-state index is 0.259. The average Bonchev–Trinajstić information content (AvgIpc) is 3.02. The van der Waals surface area contributed by atoms with Gasteiger partial charge in [0.2, 0.25) is 0 Å². The van der Waals surface area contributed by atoms with Crippen LogP contribution in [0.3, 0.4) is 0 Å². The third-order valence-electron chi connectivity index (χ3n) is 3.63. The van der Waals surface area contributed by atoms with Crippen molar-refractivity contribution in [2.45, 2.75) is 12.8 Å². The summed E-state index contributed by atoms with van der Waals surface area (Å²) in [6.07, 6.45) is 2.13. The third kappa shape index (κ3) is 2.36. The molecule has 0 spiro atoms. The molecule has 0 aliphatic carbocycles. The van der Waals surface area contributed by atoms with Gasteiger partial charge >= 0.3 is 5.69 Å². The summed E-state index contributed by atoms with van der Waals surface area (Å²) in [4.78, 5) is 17.2. The number of benzene rings is 1. The fourth-order valence-corrected chi connectivity index (χ4v) is 2.95. The monoisotopic (exact) mass is 298 g/mol. The van der Waals surface area contributed by atoms with Crippen LogP contribution < -0.4 is 10.6 Å². The van der Waals surface area contributed by atoms with Crippen LogP contribution in [-0.4, -0.2) is 22.6 Å². The molecule has 2 aromatic rings. The molecular formula is C15H14N4OS. The van der Waals surface area contributed by atoms with Gasteiger partial charge in [-0.1, -0.05) is 30.4 Å². The number of aromatic amines is 1. The lowest BCUT2D eigenvalue weighted by Crippen LogP contribution is -2.29. The molecule has 0 atom stereocenters. The summed E-state index contributed by atoms with van der Waals surface area (Å²) in [6.45, 7) is 1.68. The number of nitriles is 1. The first kappa shape index (κ1) is 13.6. The van der Waals surface area contributed by atoms with Crippen LogP contribution in [0.1, 0.15) is 18.4 Å². The second-order valence-corrected chi connectivity index (χ2v) is 5.32. The van der Waals surface area contributed by atoms with E-state index in [0.29, 0.717) is 17.1 Å². The third-order valence-corrected chi connectivity index (χ3v) is 4.02. The maximum absolute atomic E-state index is 12.4. The molecule has 1 aromatic heterocycles. The van der Waals surface area contributed by atoms with Crippen molar-refractivity contribution in [3.05, 3.63) is 51.0 Å². The van der Waals surface area contributed by atoms with E-state index in [0.717, 1.165) is 25.9 Å². The second-order valence-electron chi connectivity index (χ2n) is 4.94. The number of anilines is 1. The number of hydrogen-bond donors (Lipinski definition) is 1. The predicted octanol–water partition coefficient (Wildman–Crippen LogP) is 2.37. The van der Waals surface area contributed by atoms with Gasteiger partial charge in [0.1, 0.15) is 22.1 Å². The van der Waals surface area contributed by atoms with Gasteiger partial charge in [0.25, 0.3) is 0 Å². The fourth-order valence-electron chi connectivity index (χ4n) is 2.62. The highest BCUT2D eigenvalue weighted by atomic mass is 32.1. The summed E-state index contributed by atoms with van der Waals surface area (Å²) in [7, 11) is 0. The van der Waals surface area contributed by atoms with Gasteiger partial charge in [0, 0.05) is 13.1 Å². The van der Waals surface area contributed by atoms with E-state index in [4.69, 9.17) is 12.2 Å². The van der Waals surface area contributed by atoms with Crippen LogP contribution in [0.25, 0.3) is 5.69 Å². The molecule has 6 heteroatoms. The lowest BCUT2D eigenvalue weighted by Gasteiger charge is -2.19. The number of aromatic nitrogens is 2. The summed E-state index contributed by atoms with van der Waals surface area (Å²) in [5, 5.41) is 9.44. The van der Waals surface area contributed by atoms with Crippen LogP contribution in [-0.2, 0) is 0 Å². The van der Waals surface area contributed by atoms with Crippen molar-refractivity contribution >= 4 is 18.0 Å². The van der Waals surface area contributed by atoms with Crippen LogP contribution >= 0.6 is 12.2 Å². The number of H-pyrrole nitrogens is 1. The summed E-state index contributed by atoms with van der Waals surface area (Å²) in [6, 6.07) is 11.3. The molecule has 0 saturated carbocycles. The van der Waals surface area contributed by atoms with Crippen LogP contribution in [0.15, 0.2) is 35.1 Å². The Kier molecular flexibility index (Phi) is 3.59. The van der Waals surface area contributed by atoms with Gasteiger partial charge in [0.15, 0.2) is 0 Å². The largest absolute Gasteiger partial charge is 0.357 e. The van der Waals surface area contributed by atoms with E-state index in [1.807, 2.05) is 23.1 Å². The Bertz CT molecular complexity index is 810. The van der Waals surface area contributed by atoms with Crippen molar-refractivity contribution in [1.82, 2.24) is 9.55 Å². The molecule has 0 radical (unpaired) electrons. The van der Waals surface area contributed by atoms with Gasteiger partial charge in [-0.2, -0.15) is 5.26 Å². The maximum Gasteiger partial charge on any atom is 0.332 e. The summed E-state index contributed by atoms with van der Waals surface area (Å²) >= 11 is 5.38. The van der Waals surface area contributed by atoms with Crippen LogP contribution in [0.2, 0.25) is 0 Å². The molecule has 1 aliphatic rings. The minimum Gasteiger partial charge on any atom is -0.357 e. The van der Waals surface area contributed by atoms with Gasteiger partial charge in [-0.05, 0) is 25.0 Å². The second kappa shape index (κ2) is 5.54. The van der Waals surface area contributed by atoms with E-state index < -0.39 is 0 Å². The van der Waals surface area contributed by atoms with Crippen LogP contribution in [0, 0.1) is 16.0 Å². The molecule has 0 amide bonds. The zero-order chi connectivity index (χ0) is 14.8. The van der Waals surface area contributed by atoms with E-state index in [1.54, 1.807) is 12.1 Å². The molecule has 0 bridgehead atoms. The lowest BCUT2D eigenvalue weighted by atomic mass is 10.3. The van der Waals surface area contributed by atoms with E-state index in [-0.39, 0.29) is 10.3 Å². The summed E-state index contributed by atoms with van der Waals surface area (Å²) in [5.74, 6) is 0.553. The molecule has 5 nitrogen and oxygen atoms in total. The molecule has 3 rings (SSSR count). The Morgan fingerprint density at radius 1 is 1.19 bits per heavy atom. The fraction of sp³-hybridized carbons (Fsp3) is 0.267. The molecule has 1 saturated heterocycles. The van der Waals surface area contributed by atoms with E-state index >= 15 is 0 Å². The SMILES string of the molecule is N#Cc1c(N2CCCC2)[nH]c(=O)n(-c2ccccc2)c1=S. The van der Waals surface area contributed by atoms with Gasteiger partial charge in [-0.15, -0.1) is 0 Å². The van der Waals surface area contributed by atoms with Crippen molar-refractivity contribution in [2.75, 3.05) is 18.0 Å². The molecule has 0 unspecified atom stereocenters. The molecule has 1 fully saturated rings. The highest BCUT2D eigenvalue weighted by Crippen LogP contribution is 2.22. The number of nitrogens with zero attached hydrogens (tertiary/aromatic N) is 3. The van der Waals surface area contributed by atoms with Gasteiger partial charge in [-0.3, -0.25) is 9.55 Å². The number of para-hydroxylation sites is 1. The average molecular weight is 298 g/mol. The molecule has 1 aromatic carbocycles. The first-order valence-corrected chi connectivity index (χ1v) is 7.23. The molecular weight excluding hydrogens is 284 g/mol. The van der Waals surface area contributed by atoms with Crippen molar-refractivity contribution < 1.29 is 0 Å². The first-order chi connectivity index (χ1) is 10.2. The molecule has 2 heterocycles. The van der Waals surface area contributed by atoms with Crippen molar-refractivity contribution in [2.24, 2.45) is 0 Å². The summed E-state index contributed by atoms with van der Waals surface area (Å²) < 4.78 is 1.63. The van der Waals surface area contributed by atoms with Crippen molar-refractivity contribution in [3.8, 4) is 11.8 Å². The van der Waals surface area contributed by atoms with Crippen LogP contribution in [0.5, 0.6) is 0 Å². The van der Waals surface area contributed by atoms with E-state index in [1.165, 1.54) is 4.57 Å². The predicted molar refractivity (Wildman–Crippen MR) is 83.4 cm³/mol. The zero-order valence-electron chi connectivity index (χ0n) is 11.4. The number of hydrogen-bond acceptors (Lipinski definition) is 4. The molecule has 106 valence electrons. The van der Waals surface area contributed by atoms with E-state index in [2.05, 4.69) is 11.1 Å². The lowest BCUT2D eigenvalue weighted by molar-refractivity contribution is 0.850. The standard InChI is InChI=1S/C15H14N4OS/c16-10-12-13(18-8-4-5-9-18)17-15(20)19(14(12)21)11-6-2-1-3-7-11/h1-3,6-7H,4-5,8-9H2,(H,17,20). The highest BCUT2D eigenvalue weighted by Gasteiger charge is 2.20. The van der Waals surface area contributed by atoms with E-state index in [9.17, 15) is 10.1 Å². The summed E-state index contributed by atoms with van der Waals surface area (Å²) in [5.41, 5.74) is 0.704. The molecule has 1 N–H and O–H groups in total. The van der Waals surface area contributed by atoms with Crippen LogP contribution in [0.4, 0.5) is 5.82 Å². The Morgan fingerprint density at radius 2 is 1.86 bits per heavy atom. The Hall–Kier alpha value is -2.39. The van der Waals surface area contributed by atoms with Crippen molar-refractivity contribution in [3.63, 3.8) is 0 Å². The zero-order valence-corrected chi connectivity index (χ0v) is 12.2. The van der Waals surface area contributed by atoms with Gasteiger partial charge in [-0.25, -0.2) is 4.79 Å². The normalized spacial score (nSPS) is 14.1.